The van der Waals surface area contributed by atoms with Gasteiger partial charge in [-0.2, -0.15) is 0 Å². The zero-order valence-corrected chi connectivity index (χ0v) is 9.40. The Morgan fingerprint density at radius 3 is 3.06 bits per heavy atom. The van der Waals surface area contributed by atoms with Crippen molar-refractivity contribution in [2.75, 3.05) is 11.1 Å². The van der Waals surface area contributed by atoms with E-state index in [0.29, 0.717) is 12.1 Å². The predicted octanol–water partition coefficient (Wildman–Crippen LogP) is 2.98. The van der Waals surface area contributed by atoms with Crippen LogP contribution in [-0.2, 0) is 0 Å². The number of allylic oxidation sites excluding steroid dienone is 3. The second-order valence-electron chi connectivity index (χ2n) is 3.85. The number of hydrogen-bond acceptors (Lipinski definition) is 4. The minimum Gasteiger partial charge on any atom is -0.399 e. The van der Waals surface area contributed by atoms with E-state index in [-0.39, 0.29) is 0 Å². The summed E-state index contributed by atoms with van der Waals surface area (Å²) in [5.74, 6) is 0. The normalized spacial score (nSPS) is 17.9. The lowest BCUT2D eigenvalue weighted by molar-refractivity contribution is 1.25. The molecule has 1 aliphatic carbocycles. The summed E-state index contributed by atoms with van der Waals surface area (Å²) in [5.41, 5.74) is 9.40. The molecule has 80 valence electrons. The van der Waals surface area contributed by atoms with E-state index in [9.17, 15) is 0 Å². The molecule has 0 unspecified atom stereocenters. The molecule has 1 heterocycles. The molecule has 0 bridgehead atoms. The first-order valence-electron chi connectivity index (χ1n) is 5.05. The second-order valence-corrected chi connectivity index (χ2v) is 4.99. The molecule has 4 N–H and O–H groups in total. The summed E-state index contributed by atoms with van der Waals surface area (Å²) < 4.78 is 0. The SMILES string of the molecule is N=C1C=CC2=C(C1)Sc1cc(N)ccc1N2. The summed E-state index contributed by atoms with van der Waals surface area (Å²) >= 11 is 1.70. The molecule has 0 saturated carbocycles. The summed E-state index contributed by atoms with van der Waals surface area (Å²) in [6.45, 7) is 0. The Kier molecular flexibility index (Phi) is 2.04. The largest absolute Gasteiger partial charge is 0.399 e. The van der Waals surface area contributed by atoms with E-state index in [1.807, 2.05) is 30.4 Å². The molecular formula is C12H11N3S. The first-order chi connectivity index (χ1) is 7.72. The number of rotatable bonds is 0. The molecule has 1 aromatic carbocycles. The summed E-state index contributed by atoms with van der Waals surface area (Å²) in [6, 6.07) is 5.86. The highest BCUT2D eigenvalue weighted by molar-refractivity contribution is 8.03. The Labute approximate surface area is 97.9 Å². The van der Waals surface area contributed by atoms with Crippen LogP contribution in [-0.4, -0.2) is 5.71 Å². The van der Waals surface area contributed by atoms with Gasteiger partial charge in [0.2, 0.25) is 0 Å². The second kappa shape index (κ2) is 3.42. The number of anilines is 2. The summed E-state index contributed by atoms with van der Waals surface area (Å²) in [7, 11) is 0. The van der Waals surface area contributed by atoms with Gasteiger partial charge < -0.3 is 16.5 Å². The zero-order chi connectivity index (χ0) is 11.1. The Balaban J connectivity index is 2.02. The maximum Gasteiger partial charge on any atom is 0.0527 e. The Bertz CT molecular complexity index is 543. The molecule has 0 fully saturated rings. The third-order valence-corrected chi connectivity index (χ3v) is 3.78. The van der Waals surface area contributed by atoms with E-state index in [1.165, 1.54) is 4.91 Å². The molecule has 3 rings (SSSR count). The van der Waals surface area contributed by atoms with Crippen LogP contribution in [0.2, 0.25) is 0 Å². The Hall–Kier alpha value is -1.68. The smallest absolute Gasteiger partial charge is 0.0527 e. The molecule has 0 spiro atoms. The fourth-order valence-electron chi connectivity index (χ4n) is 1.81. The van der Waals surface area contributed by atoms with Gasteiger partial charge in [0, 0.05) is 33.3 Å². The molecule has 3 nitrogen and oxygen atoms in total. The highest BCUT2D eigenvalue weighted by Crippen LogP contribution is 2.43. The third kappa shape index (κ3) is 1.51. The summed E-state index contributed by atoms with van der Waals surface area (Å²) in [6.07, 6.45) is 4.51. The lowest BCUT2D eigenvalue weighted by Crippen LogP contribution is -2.12. The van der Waals surface area contributed by atoms with Crippen LogP contribution in [0, 0.1) is 5.41 Å². The van der Waals surface area contributed by atoms with Crippen molar-refractivity contribution in [2.45, 2.75) is 11.3 Å². The van der Waals surface area contributed by atoms with Gasteiger partial charge in [0.1, 0.15) is 0 Å². The third-order valence-electron chi connectivity index (χ3n) is 2.61. The van der Waals surface area contributed by atoms with Crippen LogP contribution < -0.4 is 11.1 Å². The highest BCUT2D eigenvalue weighted by Gasteiger charge is 2.20. The van der Waals surface area contributed by atoms with Crippen molar-refractivity contribution >= 4 is 28.8 Å². The standard InChI is InChI=1S/C12H11N3S/c13-7-1-3-9-11(5-7)16-12-6-8(14)2-4-10(12)15-9/h1-5,14-15H,6,13H2. The number of nitrogens with one attached hydrogen (secondary N) is 2. The molecule has 1 aliphatic heterocycles. The molecule has 0 atom stereocenters. The number of hydrogen-bond donors (Lipinski definition) is 3. The van der Waals surface area contributed by atoms with Crippen molar-refractivity contribution in [2.24, 2.45) is 0 Å². The van der Waals surface area contributed by atoms with Crippen molar-refractivity contribution in [3.63, 3.8) is 0 Å². The van der Waals surface area contributed by atoms with Gasteiger partial charge in [0.15, 0.2) is 0 Å². The van der Waals surface area contributed by atoms with Gasteiger partial charge in [-0.05, 0) is 30.4 Å². The quantitative estimate of drug-likeness (QED) is 0.599. The van der Waals surface area contributed by atoms with Crippen molar-refractivity contribution in [3.05, 3.63) is 41.0 Å². The minimum atomic E-state index is 0.653. The summed E-state index contributed by atoms with van der Waals surface area (Å²) in [5, 5.41) is 11.0. The van der Waals surface area contributed by atoms with E-state index < -0.39 is 0 Å². The van der Waals surface area contributed by atoms with Crippen molar-refractivity contribution in [1.82, 2.24) is 0 Å². The van der Waals surface area contributed by atoms with Gasteiger partial charge in [0.05, 0.1) is 5.69 Å². The Morgan fingerprint density at radius 1 is 1.31 bits per heavy atom. The molecule has 16 heavy (non-hydrogen) atoms. The number of benzene rings is 1. The van der Waals surface area contributed by atoms with E-state index in [4.69, 9.17) is 11.1 Å². The highest BCUT2D eigenvalue weighted by atomic mass is 32.2. The van der Waals surface area contributed by atoms with Crippen LogP contribution in [0.5, 0.6) is 0 Å². The number of nitrogen functional groups attached to an aromatic ring is 1. The number of nitrogens with two attached hydrogens (primary N) is 1. The molecular weight excluding hydrogens is 218 g/mol. The van der Waals surface area contributed by atoms with Gasteiger partial charge in [-0.1, -0.05) is 11.8 Å². The maximum absolute atomic E-state index is 7.65. The minimum absolute atomic E-state index is 0.653. The van der Waals surface area contributed by atoms with Crippen LogP contribution in [0.25, 0.3) is 0 Å². The first-order valence-corrected chi connectivity index (χ1v) is 5.87. The van der Waals surface area contributed by atoms with Crippen molar-refractivity contribution in [3.8, 4) is 0 Å². The van der Waals surface area contributed by atoms with Crippen LogP contribution in [0.15, 0.2) is 45.8 Å². The van der Waals surface area contributed by atoms with Gasteiger partial charge in [-0.25, -0.2) is 0 Å². The molecule has 0 aromatic heterocycles. The molecule has 0 radical (unpaired) electrons. The number of fused-ring (bicyclic) bond motifs is 1. The van der Waals surface area contributed by atoms with Crippen LogP contribution >= 0.6 is 11.8 Å². The van der Waals surface area contributed by atoms with Gasteiger partial charge in [-0.15, -0.1) is 0 Å². The lowest BCUT2D eigenvalue weighted by atomic mass is 10.1. The maximum atomic E-state index is 7.65. The van der Waals surface area contributed by atoms with E-state index >= 15 is 0 Å². The summed E-state index contributed by atoms with van der Waals surface area (Å²) in [4.78, 5) is 2.34. The zero-order valence-electron chi connectivity index (χ0n) is 8.58. The van der Waals surface area contributed by atoms with E-state index in [0.717, 1.165) is 22.0 Å². The fourth-order valence-corrected chi connectivity index (χ4v) is 2.96. The molecule has 1 aromatic rings. The average Bonchev–Trinajstić information content (AvgIpc) is 2.26. The predicted molar refractivity (Wildman–Crippen MR) is 68.8 cm³/mol. The lowest BCUT2D eigenvalue weighted by Gasteiger charge is -2.24. The Morgan fingerprint density at radius 2 is 2.19 bits per heavy atom. The van der Waals surface area contributed by atoms with Gasteiger partial charge in [0.25, 0.3) is 0 Å². The van der Waals surface area contributed by atoms with E-state index in [2.05, 4.69) is 5.32 Å². The van der Waals surface area contributed by atoms with Crippen LogP contribution in [0.3, 0.4) is 0 Å². The molecule has 2 aliphatic rings. The first kappa shape index (κ1) is 9.54. The van der Waals surface area contributed by atoms with Crippen molar-refractivity contribution in [1.29, 1.82) is 5.41 Å². The molecule has 0 saturated heterocycles. The van der Waals surface area contributed by atoms with Crippen LogP contribution in [0.4, 0.5) is 11.4 Å². The average molecular weight is 229 g/mol. The topological polar surface area (TPSA) is 61.9 Å². The monoisotopic (exact) mass is 229 g/mol. The van der Waals surface area contributed by atoms with E-state index in [1.54, 1.807) is 11.8 Å². The van der Waals surface area contributed by atoms with Gasteiger partial charge in [-0.3, -0.25) is 0 Å². The molecule has 4 heteroatoms. The number of thioether (sulfide) groups is 1. The van der Waals surface area contributed by atoms with Crippen LogP contribution in [0.1, 0.15) is 6.42 Å². The van der Waals surface area contributed by atoms with Crippen molar-refractivity contribution < 1.29 is 0 Å². The van der Waals surface area contributed by atoms with Gasteiger partial charge >= 0.3 is 0 Å². The molecule has 0 amide bonds. The fraction of sp³-hybridized carbons (Fsp3) is 0.0833.